The summed E-state index contributed by atoms with van der Waals surface area (Å²) in [5, 5.41) is 8.95. The molecule has 108 valence electrons. The fourth-order valence-electron chi connectivity index (χ4n) is 2.27. The minimum absolute atomic E-state index is 0.216. The summed E-state index contributed by atoms with van der Waals surface area (Å²) in [6.07, 6.45) is 0. The first kappa shape index (κ1) is 14.5. The lowest BCUT2D eigenvalue weighted by atomic mass is 10.1. The number of piperazine rings is 1. The van der Waals surface area contributed by atoms with Gasteiger partial charge in [0.1, 0.15) is 11.9 Å². The molecule has 0 saturated carbocycles. The number of amides is 1. The minimum atomic E-state index is -0.866. The molecule has 1 saturated heterocycles. The van der Waals surface area contributed by atoms with Gasteiger partial charge in [0.25, 0.3) is 5.91 Å². The minimum Gasteiger partial charge on any atom is -0.480 e. The van der Waals surface area contributed by atoms with Crippen molar-refractivity contribution in [1.29, 1.82) is 0 Å². The monoisotopic (exact) mass is 280 g/mol. The first-order valence-electron chi connectivity index (χ1n) is 6.50. The maximum absolute atomic E-state index is 13.1. The molecule has 1 amide bonds. The molecule has 0 spiro atoms. The summed E-state index contributed by atoms with van der Waals surface area (Å²) < 4.78 is 13.1. The first-order chi connectivity index (χ1) is 9.49. The molecule has 1 heterocycles. The van der Waals surface area contributed by atoms with E-state index in [9.17, 15) is 14.0 Å². The van der Waals surface area contributed by atoms with Crippen molar-refractivity contribution < 1.29 is 19.1 Å². The van der Waals surface area contributed by atoms with Crippen LogP contribution in [0.25, 0.3) is 0 Å². The second-order valence-corrected chi connectivity index (χ2v) is 4.85. The highest BCUT2D eigenvalue weighted by Crippen LogP contribution is 2.12. The Morgan fingerprint density at radius 3 is 2.45 bits per heavy atom. The van der Waals surface area contributed by atoms with E-state index in [4.69, 9.17) is 5.11 Å². The van der Waals surface area contributed by atoms with Crippen molar-refractivity contribution in [3.8, 4) is 0 Å². The molecule has 1 aliphatic rings. The Balaban J connectivity index is 1.97. The number of carbonyl (C=O) groups is 2. The Kier molecular flexibility index (Phi) is 4.34. The lowest BCUT2D eigenvalue weighted by molar-refractivity contribution is -0.143. The molecule has 1 fully saturated rings. The molecule has 6 heteroatoms. The third-order valence-electron chi connectivity index (χ3n) is 3.58. The van der Waals surface area contributed by atoms with E-state index in [0.29, 0.717) is 31.7 Å². The zero-order valence-corrected chi connectivity index (χ0v) is 11.3. The van der Waals surface area contributed by atoms with E-state index >= 15 is 0 Å². The molecule has 1 atom stereocenters. The lowest BCUT2D eigenvalue weighted by Crippen LogP contribution is -2.53. The van der Waals surface area contributed by atoms with E-state index in [1.165, 1.54) is 18.2 Å². The molecule has 1 N–H and O–H groups in total. The number of nitrogens with zero attached hydrogens (tertiary/aromatic N) is 2. The van der Waals surface area contributed by atoms with Crippen molar-refractivity contribution in [2.45, 2.75) is 13.0 Å². The quantitative estimate of drug-likeness (QED) is 0.899. The van der Waals surface area contributed by atoms with E-state index in [-0.39, 0.29) is 5.91 Å². The summed E-state index contributed by atoms with van der Waals surface area (Å²) in [5.41, 5.74) is 0.324. The maximum atomic E-state index is 13.1. The van der Waals surface area contributed by atoms with Crippen LogP contribution in [0.5, 0.6) is 0 Å². The van der Waals surface area contributed by atoms with Crippen LogP contribution in [0.1, 0.15) is 17.3 Å². The van der Waals surface area contributed by atoms with Crippen LogP contribution in [0.15, 0.2) is 24.3 Å². The van der Waals surface area contributed by atoms with Crippen molar-refractivity contribution in [1.82, 2.24) is 9.80 Å². The average molecular weight is 280 g/mol. The highest BCUT2D eigenvalue weighted by Gasteiger charge is 2.27. The molecule has 0 radical (unpaired) electrons. The van der Waals surface area contributed by atoms with Crippen LogP contribution >= 0.6 is 0 Å². The lowest BCUT2D eigenvalue weighted by Gasteiger charge is -2.36. The third-order valence-corrected chi connectivity index (χ3v) is 3.58. The van der Waals surface area contributed by atoms with Crippen molar-refractivity contribution in [3.63, 3.8) is 0 Å². The SMILES string of the molecule is CC(C(=O)O)N1CCN(C(=O)c2cccc(F)c2)CC1. The van der Waals surface area contributed by atoms with Crippen LogP contribution < -0.4 is 0 Å². The molecule has 0 aromatic heterocycles. The van der Waals surface area contributed by atoms with Gasteiger partial charge in [-0.25, -0.2) is 4.39 Å². The van der Waals surface area contributed by atoms with Crippen LogP contribution in [0.4, 0.5) is 4.39 Å². The number of aliphatic carboxylic acids is 1. The van der Waals surface area contributed by atoms with Crippen molar-refractivity contribution in [2.24, 2.45) is 0 Å². The summed E-state index contributed by atoms with van der Waals surface area (Å²) in [5.74, 6) is -1.52. The normalized spacial score (nSPS) is 17.8. The predicted molar refractivity (Wildman–Crippen MR) is 71.0 cm³/mol. The van der Waals surface area contributed by atoms with Crippen molar-refractivity contribution in [3.05, 3.63) is 35.6 Å². The van der Waals surface area contributed by atoms with Gasteiger partial charge in [0.2, 0.25) is 0 Å². The number of carboxylic acid groups (broad SMARTS) is 1. The summed E-state index contributed by atoms with van der Waals surface area (Å²) >= 11 is 0. The molecule has 20 heavy (non-hydrogen) atoms. The van der Waals surface area contributed by atoms with Gasteiger partial charge >= 0.3 is 5.97 Å². The van der Waals surface area contributed by atoms with E-state index < -0.39 is 17.8 Å². The smallest absolute Gasteiger partial charge is 0.320 e. The van der Waals surface area contributed by atoms with Crippen molar-refractivity contribution in [2.75, 3.05) is 26.2 Å². The number of carboxylic acids is 1. The molecular formula is C14H17FN2O3. The van der Waals surface area contributed by atoms with E-state index in [1.807, 2.05) is 4.90 Å². The topological polar surface area (TPSA) is 60.9 Å². The summed E-state index contributed by atoms with van der Waals surface area (Å²) in [4.78, 5) is 26.5. The van der Waals surface area contributed by atoms with E-state index in [2.05, 4.69) is 0 Å². The van der Waals surface area contributed by atoms with Gasteiger partial charge in [0, 0.05) is 31.7 Å². The molecule has 1 unspecified atom stereocenters. The predicted octanol–water partition coefficient (Wildman–Crippen LogP) is 1.06. The average Bonchev–Trinajstić information content (AvgIpc) is 2.46. The largest absolute Gasteiger partial charge is 0.480 e. The number of carbonyl (C=O) groups excluding carboxylic acids is 1. The van der Waals surface area contributed by atoms with Crippen LogP contribution in [-0.4, -0.2) is 59.0 Å². The summed E-state index contributed by atoms with van der Waals surface area (Å²) in [6.45, 7) is 3.55. The van der Waals surface area contributed by atoms with Gasteiger partial charge in [-0.1, -0.05) is 6.07 Å². The zero-order valence-electron chi connectivity index (χ0n) is 11.3. The molecule has 1 aromatic carbocycles. The van der Waals surface area contributed by atoms with Gasteiger partial charge in [-0.15, -0.1) is 0 Å². The van der Waals surface area contributed by atoms with Gasteiger partial charge in [-0.3, -0.25) is 14.5 Å². The van der Waals surface area contributed by atoms with Crippen molar-refractivity contribution >= 4 is 11.9 Å². The summed E-state index contributed by atoms with van der Waals surface area (Å²) in [7, 11) is 0. The fraction of sp³-hybridized carbons (Fsp3) is 0.429. The molecule has 1 aromatic rings. The molecular weight excluding hydrogens is 263 g/mol. The molecule has 0 bridgehead atoms. The maximum Gasteiger partial charge on any atom is 0.320 e. The van der Waals surface area contributed by atoms with Crippen LogP contribution in [0.3, 0.4) is 0 Å². The highest BCUT2D eigenvalue weighted by atomic mass is 19.1. The number of benzene rings is 1. The Morgan fingerprint density at radius 2 is 1.90 bits per heavy atom. The first-order valence-corrected chi connectivity index (χ1v) is 6.50. The fourth-order valence-corrected chi connectivity index (χ4v) is 2.27. The molecule has 5 nitrogen and oxygen atoms in total. The van der Waals surface area contributed by atoms with Gasteiger partial charge in [0.15, 0.2) is 0 Å². The number of hydrogen-bond acceptors (Lipinski definition) is 3. The van der Waals surface area contributed by atoms with Gasteiger partial charge in [-0.2, -0.15) is 0 Å². The van der Waals surface area contributed by atoms with Crippen LogP contribution in [-0.2, 0) is 4.79 Å². The Labute approximate surface area is 116 Å². The molecule has 0 aliphatic carbocycles. The molecule has 2 rings (SSSR count). The highest BCUT2D eigenvalue weighted by molar-refractivity contribution is 5.94. The van der Waals surface area contributed by atoms with Gasteiger partial charge in [-0.05, 0) is 25.1 Å². The van der Waals surface area contributed by atoms with E-state index in [1.54, 1.807) is 17.9 Å². The van der Waals surface area contributed by atoms with Gasteiger partial charge in [0.05, 0.1) is 0 Å². The van der Waals surface area contributed by atoms with Crippen LogP contribution in [0, 0.1) is 5.82 Å². The van der Waals surface area contributed by atoms with E-state index in [0.717, 1.165) is 0 Å². The standard InChI is InChI=1S/C14H17FN2O3/c1-10(14(19)20)16-5-7-17(8-6-16)13(18)11-3-2-4-12(15)9-11/h2-4,9-10H,5-8H2,1H3,(H,19,20). The molecule has 1 aliphatic heterocycles. The third kappa shape index (κ3) is 3.14. The number of hydrogen-bond donors (Lipinski definition) is 1. The Morgan fingerprint density at radius 1 is 1.25 bits per heavy atom. The summed E-state index contributed by atoms with van der Waals surface area (Å²) in [6, 6.07) is 5.04. The number of rotatable bonds is 3. The second-order valence-electron chi connectivity index (χ2n) is 4.85. The number of halogens is 1. The second kappa shape index (κ2) is 6.00. The zero-order chi connectivity index (χ0) is 14.7. The Bertz CT molecular complexity index is 513. The van der Waals surface area contributed by atoms with Gasteiger partial charge < -0.3 is 10.0 Å². The Hall–Kier alpha value is -1.95. The van der Waals surface area contributed by atoms with Crippen LogP contribution in [0.2, 0.25) is 0 Å².